The molecule has 3 nitrogen and oxygen atoms in total. The number of nitrogens with one attached hydrogen (secondary N) is 1. The zero-order valence-electron chi connectivity index (χ0n) is 10.5. The largest absolute Gasteiger partial charge is 0.390 e. The third kappa shape index (κ3) is 3.72. The van der Waals surface area contributed by atoms with Gasteiger partial charge in [-0.2, -0.15) is 0 Å². The third-order valence-corrected chi connectivity index (χ3v) is 4.00. The minimum Gasteiger partial charge on any atom is -0.390 e. The number of β-amino-alcohol motifs (C(OH)–C–C–N with tert-alkyl or cyclic N) is 1. The fraction of sp³-hybridized carbons (Fsp3) is 1.00. The Morgan fingerprint density at radius 3 is 2.69 bits per heavy atom. The maximum atomic E-state index is 9.93. The van der Waals surface area contributed by atoms with Gasteiger partial charge in [-0.05, 0) is 51.1 Å². The summed E-state index contributed by atoms with van der Waals surface area (Å²) in [6.45, 7) is 6.31. The Morgan fingerprint density at radius 1 is 1.31 bits per heavy atom. The predicted octanol–water partition coefficient (Wildman–Crippen LogP) is 1.22. The number of hydrogen-bond acceptors (Lipinski definition) is 3. The fourth-order valence-corrected chi connectivity index (χ4v) is 3.02. The van der Waals surface area contributed by atoms with Gasteiger partial charge in [0, 0.05) is 19.1 Å². The van der Waals surface area contributed by atoms with Crippen LogP contribution in [0.3, 0.4) is 0 Å². The van der Waals surface area contributed by atoms with Crippen LogP contribution in [-0.2, 0) is 0 Å². The summed E-state index contributed by atoms with van der Waals surface area (Å²) in [5.41, 5.74) is 0. The summed E-state index contributed by atoms with van der Waals surface area (Å²) >= 11 is 0. The molecule has 0 aromatic heterocycles. The van der Waals surface area contributed by atoms with Crippen molar-refractivity contribution in [3.63, 3.8) is 0 Å². The SMILES string of the molecule is CC1CCC(NCC(O)CN2CCCC2)C1. The molecule has 2 rings (SSSR count). The number of aliphatic hydroxyl groups is 1. The molecule has 1 saturated heterocycles. The molecule has 3 heteroatoms. The average Bonchev–Trinajstić information content (AvgIpc) is 2.87. The normalized spacial score (nSPS) is 33.4. The first kappa shape index (κ1) is 12.3. The van der Waals surface area contributed by atoms with Crippen LogP contribution >= 0.6 is 0 Å². The third-order valence-electron chi connectivity index (χ3n) is 4.00. The second-order valence-electron chi connectivity index (χ2n) is 5.68. The Morgan fingerprint density at radius 2 is 2.06 bits per heavy atom. The Balaban J connectivity index is 1.58. The maximum absolute atomic E-state index is 9.93. The Bertz CT molecular complexity index is 204. The molecule has 1 aliphatic heterocycles. The molecular weight excluding hydrogens is 200 g/mol. The molecule has 0 bridgehead atoms. The second kappa shape index (κ2) is 5.99. The van der Waals surface area contributed by atoms with Crippen molar-refractivity contribution in [2.75, 3.05) is 26.2 Å². The summed E-state index contributed by atoms with van der Waals surface area (Å²) in [5, 5.41) is 13.4. The summed E-state index contributed by atoms with van der Waals surface area (Å²) in [7, 11) is 0. The van der Waals surface area contributed by atoms with Crippen LogP contribution in [-0.4, -0.2) is 48.3 Å². The summed E-state index contributed by atoms with van der Waals surface area (Å²) < 4.78 is 0. The Kier molecular flexibility index (Phi) is 4.62. The number of nitrogens with zero attached hydrogens (tertiary/aromatic N) is 1. The Hall–Kier alpha value is -0.120. The van der Waals surface area contributed by atoms with E-state index in [0.717, 1.165) is 19.0 Å². The van der Waals surface area contributed by atoms with Gasteiger partial charge >= 0.3 is 0 Å². The van der Waals surface area contributed by atoms with Gasteiger partial charge in [-0.3, -0.25) is 0 Å². The van der Waals surface area contributed by atoms with Crippen LogP contribution < -0.4 is 5.32 Å². The molecule has 2 N–H and O–H groups in total. The van der Waals surface area contributed by atoms with E-state index >= 15 is 0 Å². The molecule has 3 atom stereocenters. The highest BCUT2D eigenvalue weighted by Gasteiger charge is 2.22. The van der Waals surface area contributed by atoms with Crippen LogP contribution in [0.25, 0.3) is 0 Å². The standard InChI is InChI=1S/C13H26N2O/c1-11-4-5-12(8-11)14-9-13(16)10-15-6-2-3-7-15/h11-14,16H,2-10H2,1H3. The van der Waals surface area contributed by atoms with Gasteiger partial charge in [-0.1, -0.05) is 6.92 Å². The molecule has 1 saturated carbocycles. The van der Waals surface area contributed by atoms with Gasteiger partial charge in [-0.15, -0.1) is 0 Å². The molecule has 0 radical (unpaired) electrons. The number of hydrogen-bond donors (Lipinski definition) is 2. The average molecular weight is 226 g/mol. The first-order chi connectivity index (χ1) is 7.74. The number of likely N-dealkylation sites (tertiary alicyclic amines) is 1. The summed E-state index contributed by atoms with van der Waals surface area (Å²) in [6, 6.07) is 0.656. The predicted molar refractivity (Wildman–Crippen MR) is 66.5 cm³/mol. The molecule has 0 aromatic rings. The van der Waals surface area contributed by atoms with Crippen LogP contribution in [0.5, 0.6) is 0 Å². The van der Waals surface area contributed by atoms with E-state index < -0.39 is 0 Å². The van der Waals surface area contributed by atoms with E-state index in [1.807, 2.05) is 0 Å². The molecule has 0 amide bonds. The van der Waals surface area contributed by atoms with Gasteiger partial charge in [0.2, 0.25) is 0 Å². The molecule has 3 unspecified atom stereocenters. The smallest absolute Gasteiger partial charge is 0.0791 e. The van der Waals surface area contributed by atoms with Crippen molar-refractivity contribution in [3.8, 4) is 0 Å². The molecule has 94 valence electrons. The molecule has 0 aromatic carbocycles. The van der Waals surface area contributed by atoms with Gasteiger partial charge in [0.1, 0.15) is 0 Å². The van der Waals surface area contributed by atoms with Gasteiger partial charge in [0.25, 0.3) is 0 Å². The lowest BCUT2D eigenvalue weighted by molar-refractivity contribution is 0.120. The number of aliphatic hydroxyl groups excluding tert-OH is 1. The lowest BCUT2D eigenvalue weighted by atomic mass is 10.1. The fourth-order valence-electron chi connectivity index (χ4n) is 3.02. The van der Waals surface area contributed by atoms with Crippen LogP contribution in [0.1, 0.15) is 39.0 Å². The van der Waals surface area contributed by atoms with Gasteiger partial charge in [0.15, 0.2) is 0 Å². The minimum absolute atomic E-state index is 0.186. The minimum atomic E-state index is -0.186. The molecule has 16 heavy (non-hydrogen) atoms. The van der Waals surface area contributed by atoms with Crippen LogP contribution in [0.4, 0.5) is 0 Å². The van der Waals surface area contributed by atoms with Crippen molar-refractivity contribution < 1.29 is 5.11 Å². The molecule has 2 fully saturated rings. The molecule has 0 spiro atoms. The summed E-state index contributed by atoms with van der Waals surface area (Å²) in [6.07, 6.45) is 6.35. The van der Waals surface area contributed by atoms with Gasteiger partial charge in [-0.25, -0.2) is 0 Å². The van der Waals surface area contributed by atoms with Crippen molar-refractivity contribution in [2.45, 2.75) is 51.2 Å². The van der Waals surface area contributed by atoms with Crippen molar-refractivity contribution in [1.29, 1.82) is 0 Å². The van der Waals surface area contributed by atoms with E-state index in [-0.39, 0.29) is 6.10 Å². The zero-order valence-corrected chi connectivity index (χ0v) is 10.5. The first-order valence-corrected chi connectivity index (χ1v) is 6.88. The van der Waals surface area contributed by atoms with Crippen LogP contribution in [0.2, 0.25) is 0 Å². The van der Waals surface area contributed by atoms with E-state index in [1.165, 1.54) is 45.2 Å². The first-order valence-electron chi connectivity index (χ1n) is 6.88. The summed E-state index contributed by atoms with van der Waals surface area (Å²) in [4.78, 5) is 2.38. The Labute approximate surface area is 99.2 Å². The van der Waals surface area contributed by atoms with E-state index in [0.29, 0.717) is 6.04 Å². The van der Waals surface area contributed by atoms with Crippen LogP contribution in [0.15, 0.2) is 0 Å². The highest BCUT2D eigenvalue weighted by atomic mass is 16.3. The van der Waals surface area contributed by atoms with Crippen molar-refractivity contribution in [1.82, 2.24) is 10.2 Å². The second-order valence-corrected chi connectivity index (χ2v) is 5.68. The van der Waals surface area contributed by atoms with Crippen molar-refractivity contribution >= 4 is 0 Å². The van der Waals surface area contributed by atoms with Crippen molar-refractivity contribution in [2.24, 2.45) is 5.92 Å². The molecule has 1 heterocycles. The quantitative estimate of drug-likeness (QED) is 0.740. The highest BCUT2D eigenvalue weighted by molar-refractivity contribution is 4.80. The molecule has 2 aliphatic rings. The lowest BCUT2D eigenvalue weighted by Gasteiger charge is -2.21. The topological polar surface area (TPSA) is 35.5 Å². The molecule has 1 aliphatic carbocycles. The highest BCUT2D eigenvalue weighted by Crippen LogP contribution is 2.24. The zero-order chi connectivity index (χ0) is 11.4. The lowest BCUT2D eigenvalue weighted by Crippen LogP contribution is -2.40. The molecular formula is C13H26N2O. The van der Waals surface area contributed by atoms with E-state index in [4.69, 9.17) is 0 Å². The van der Waals surface area contributed by atoms with Crippen LogP contribution in [0, 0.1) is 5.92 Å². The maximum Gasteiger partial charge on any atom is 0.0791 e. The number of rotatable bonds is 5. The summed E-state index contributed by atoms with van der Waals surface area (Å²) in [5.74, 6) is 0.869. The van der Waals surface area contributed by atoms with Gasteiger partial charge < -0.3 is 15.3 Å². The monoisotopic (exact) mass is 226 g/mol. The van der Waals surface area contributed by atoms with E-state index in [1.54, 1.807) is 0 Å². The van der Waals surface area contributed by atoms with E-state index in [9.17, 15) is 5.11 Å². The van der Waals surface area contributed by atoms with E-state index in [2.05, 4.69) is 17.1 Å². The van der Waals surface area contributed by atoms with Gasteiger partial charge in [0.05, 0.1) is 6.10 Å². The van der Waals surface area contributed by atoms with Crippen molar-refractivity contribution in [3.05, 3.63) is 0 Å².